The average molecular weight is 414 g/mol. The van der Waals surface area contributed by atoms with E-state index in [0.29, 0.717) is 17.7 Å². The lowest BCUT2D eigenvalue weighted by Crippen LogP contribution is -2.60. The summed E-state index contributed by atoms with van der Waals surface area (Å²) in [6.07, 6.45) is 0.523. The minimum Gasteiger partial charge on any atom is -0.462 e. The van der Waals surface area contributed by atoms with E-state index in [-0.39, 0.29) is 12.6 Å². The van der Waals surface area contributed by atoms with Gasteiger partial charge in [-0.2, -0.15) is 5.26 Å². The van der Waals surface area contributed by atoms with Gasteiger partial charge in [0.15, 0.2) is 0 Å². The number of benzene rings is 1. The second-order valence-corrected chi connectivity index (χ2v) is 19.0. The smallest absolute Gasteiger partial charge is 0.338 e. The quantitative estimate of drug-likeness (QED) is 0.508. The molecule has 7 heteroatoms. The molecule has 150 valence electrons. The summed E-state index contributed by atoms with van der Waals surface area (Å²) < 4.78 is 8.01. The van der Waals surface area contributed by atoms with Crippen LogP contribution >= 0.6 is 0 Å². The maximum atomic E-state index is 12.2. The second kappa shape index (κ2) is 8.37. The minimum absolute atomic E-state index is 0.250. The number of ether oxygens (including phenoxy) is 1. The van der Waals surface area contributed by atoms with Gasteiger partial charge in [-0.1, -0.05) is 57.5 Å². The number of rotatable bonds is 7. The fourth-order valence-corrected chi connectivity index (χ4v) is 13.7. The lowest BCUT2D eigenvalue weighted by molar-refractivity contribution is 0.0509. The number of H-pyrrole nitrogens is 1. The van der Waals surface area contributed by atoms with Crippen LogP contribution in [-0.2, 0) is 11.2 Å². The van der Waals surface area contributed by atoms with Crippen LogP contribution in [0, 0.1) is 18.3 Å². The summed E-state index contributed by atoms with van der Waals surface area (Å²) in [7, 11) is -3.28. The van der Waals surface area contributed by atoms with E-state index in [1.807, 2.05) is 18.2 Å². The van der Waals surface area contributed by atoms with Crippen LogP contribution in [-0.4, -0.2) is 34.0 Å². The van der Waals surface area contributed by atoms with Gasteiger partial charge in [0.1, 0.15) is 28.2 Å². The third-order valence-electron chi connectivity index (χ3n) is 4.62. The highest BCUT2D eigenvalue weighted by Crippen LogP contribution is 2.33. The van der Waals surface area contributed by atoms with Gasteiger partial charge in [-0.25, -0.2) is 4.79 Å². The monoisotopic (exact) mass is 413 g/mol. The van der Waals surface area contributed by atoms with Crippen LogP contribution in [0.3, 0.4) is 0 Å². The Balaban J connectivity index is 2.24. The largest absolute Gasteiger partial charge is 0.462 e. The molecule has 0 saturated heterocycles. The molecule has 0 atom stereocenters. The number of hydrogen-bond donors (Lipinski definition) is 1. The third kappa shape index (κ3) is 4.94. The molecule has 0 fully saturated rings. The molecule has 1 aromatic carbocycles. The highest BCUT2D eigenvalue weighted by molar-refractivity contribution is 6.99. The van der Waals surface area contributed by atoms with E-state index in [4.69, 9.17) is 4.74 Å². The van der Waals surface area contributed by atoms with Crippen molar-refractivity contribution in [3.8, 4) is 6.07 Å². The molecule has 5 nitrogen and oxygen atoms in total. The number of carbonyl (C=O) groups is 1. The summed E-state index contributed by atoms with van der Waals surface area (Å²) in [5, 5.41) is 9.65. The first-order valence-corrected chi connectivity index (χ1v) is 16.5. The summed E-state index contributed by atoms with van der Waals surface area (Å²) in [4.78, 5) is 15.5. The number of esters is 1. The van der Waals surface area contributed by atoms with Crippen molar-refractivity contribution in [2.24, 2.45) is 0 Å². The van der Waals surface area contributed by atoms with Crippen molar-refractivity contribution >= 4 is 28.3 Å². The predicted molar refractivity (Wildman–Crippen MR) is 120 cm³/mol. The van der Waals surface area contributed by atoms with E-state index in [9.17, 15) is 10.1 Å². The maximum absolute atomic E-state index is 12.2. The van der Waals surface area contributed by atoms with Gasteiger partial charge in [0.25, 0.3) is 0 Å². The predicted octanol–water partition coefficient (Wildman–Crippen LogP) is 5.07. The number of nitrogens with one attached hydrogen (secondary N) is 1. The van der Waals surface area contributed by atoms with Crippen LogP contribution in [0.4, 0.5) is 5.82 Å². The van der Waals surface area contributed by atoms with Gasteiger partial charge in [-0.3, -0.25) is 0 Å². The molecule has 0 radical (unpaired) electrons. The summed E-state index contributed by atoms with van der Waals surface area (Å²) >= 11 is 0. The van der Waals surface area contributed by atoms with Crippen molar-refractivity contribution in [2.75, 3.05) is 10.8 Å². The highest BCUT2D eigenvalue weighted by atomic mass is 28.4. The Hall–Kier alpha value is -2.31. The average Bonchev–Trinajstić information content (AvgIpc) is 2.89. The Morgan fingerprint density at radius 1 is 1.11 bits per heavy atom. The number of nitriles is 1. The van der Waals surface area contributed by atoms with E-state index >= 15 is 0 Å². The molecular weight excluding hydrogens is 382 g/mol. The van der Waals surface area contributed by atoms with Crippen molar-refractivity contribution < 1.29 is 9.53 Å². The molecule has 0 bridgehead atoms. The summed E-state index contributed by atoms with van der Waals surface area (Å²) in [6, 6.07) is 11.3. The van der Waals surface area contributed by atoms with E-state index in [1.54, 1.807) is 12.1 Å². The van der Waals surface area contributed by atoms with Gasteiger partial charge in [-0.05, 0) is 30.2 Å². The molecule has 0 amide bonds. The topological polar surface area (TPSA) is 69.1 Å². The van der Waals surface area contributed by atoms with E-state index in [1.165, 1.54) is 0 Å². The van der Waals surface area contributed by atoms with Gasteiger partial charge >= 0.3 is 5.97 Å². The number of carbonyl (C=O) groups excluding carboxylic acids is 1. The molecule has 0 spiro atoms. The van der Waals surface area contributed by atoms with Gasteiger partial charge in [0, 0.05) is 6.42 Å². The molecule has 1 aromatic heterocycles. The molecule has 28 heavy (non-hydrogen) atoms. The third-order valence-corrected chi connectivity index (χ3v) is 11.8. The van der Waals surface area contributed by atoms with Crippen LogP contribution in [0.25, 0.3) is 0 Å². The number of aromatic nitrogens is 1. The van der Waals surface area contributed by atoms with Gasteiger partial charge in [0.05, 0.1) is 18.0 Å². The van der Waals surface area contributed by atoms with Crippen LogP contribution in [0.1, 0.15) is 27.2 Å². The van der Waals surface area contributed by atoms with Gasteiger partial charge in [0.2, 0.25) is 0 Å². The number of anilines is 1. The zero-order chi connectivity index (χ0) is 21.1. The molecular formula is C21H31N3O2Si2. The number of hydrogen-bond acceptors (Lipinski definition) is 4. The summed E-state index contributed by atoms with van der Waals surface area (Å²) in [6.45, 7) is 16.3. The number of aromatic amines is 1. The SMILES string of the molecule is Cc1c(N([Si](C)(C)C)[Si](C)(C)C)[nH]c(C#N)c1CCOC(=O)c1ccccc1. The van der Waals surface area contributed by atoms with Crippen LogP contribution in [0.5, 0.6) is 0 Å². The maximum Gasteiger partial charge on any atom is 0.338 e. The lowest BCUT2D eigenvalue weighted by atomic mass is 10.1. The van der Waals surface area contributed by atoms with E-state index in [0.717, 1.165) is 16.9 Å². The first kappa shape index (κ1) is 22.0. The van der Waals surface area contributed by atoms with E-state index in [2.05, 4.69) is 61.5 Å². The van der Waals surface area contributed by atoms with Crippen LogP contribution in [0.2, 0.25) is 39.3 Å². The van der Waals surface area contributed by atoms with Crippen LogP contribution in [0.15, 0.2) is 30.3 Å². The minimum atomic E-state index is -1.64. The Morgan fingerprint density at radius 3 is 2.18 bits per heavy atom. The Bertz CT molecular complexity index is 858. The summed E-state index contributed by atoms with van der Waals surface area (Å²) in [5.74, 6) is 0.734. The van der Waals surface area contributed by atoms with Crippen molar-refractivity contribution in [3.05, 3.63) is 52.7 Å². The Labute approximate surface area is 170 Å². The van der Waals surface area contributed by atoms with Gasteiger partial charge < -0.3 is 14.0 Å². The molecule has 0 unspecified atom stereocenters. The normalized spacial score (nSPS) is 11.8. The first-order valence-electron chi connectivity index (χ1n) is 9.61. The second-order valence-electron chi connectivity index (χ2n) is 8.99. The standard InChI is InChI=1S/C21H31N3O2Si2/c1-16-18(13-14-26-21(25)17-11-9-8-10-12-17)19(15-22)23-20(16)24(27(2,3)4)28(5,6)7/h8-12,23H,13-14H2,1-7H3. The van der Waals surface area contributed by atoms with Gasteiger partial charge in [-0.15, -0.1) is 0 Å². The molecule has 0 aliphatic rings. The van der Waals surface area contributed by atoms with Crippen LogP contribution < -0.4 is 4.23 Å². The van der Waals surface area contributed by atoms with E-state index < -0.39 is 16.5 Å². The first-order chi connectivity index (χ1) is 13.0. The summed E-state index contributed by atoms with van der Waals surface area (Å²) in [5.41, 5.74) is 3.15. The zero-order valence-electron chi connectivity index (χ0n) is 18.0. The van der Waals surface area contributed by atoms with Crippen molar-refractivity contribution in [1.82, 2.24) is 4.98 Å². The fourth-order valence-electron chi connectivity index (χ4n) is 3.83. The molecule has 2 rings (SSSR count). The molecule has 0 aliphatic heterocycles. The fraction of sp³-hybridized carbons (Fsp3) is 0.429. The molecule has 1 N–H and O–H groups in total. The zero-order valence-corrected chi connectivity index (χ0v) is 20.0. The Morgan fingerprint density at radius 2 is 1.68 bits per heavy atom. The molecule has 1 heterocycles. The Kier molecular flexibility index (Phi) is 6.57. The van der Waals surface area contributed by atoms with Crippen molar-refractivity contribution in [2.45, 2.75) is 52.6 Å². The molecule has 0 aliphatic carbocycles. The van der Waals surface area contributed by atoms with Crippen molar-refractivity contribution in [1.29, 1.82) is 5.26 Å². The number of nitrogens with zero attached hydrogens (tertiary/aromatic N) is 2. The molecule has 0 saturated carbocycles. The lowest BCUT2D eigenvalue weighted by Gasteiger charge is -2.45. The van der Waals surface area contributed by atoms with Crippen molar-refractivity contribution in [3.63, 3.8) is 0 Å². The highest BCUT2D eigenvalue weighted by Gasteiger charge is 2.37. The molecule has 2 aromatic rings.